The summed E-state index contributed by atoms with van der Waals surface area (Å²) in [5.41, 5.74) is 3.45. The summed E-state index contributed by atoms with van der Waals surface area (Å²) >= 11 is 0. The standard InChI is InChI=1S/C19H16N4O2/c1-22-16(10-24)11-25-18-9-15(7-8-17(18)22)19(23-13-20-12-21-23)14-5-3-2-4-6-14/h2-13,19H,1H3. The summed E-state index contributed by atoms with van der Waals surface area (Å²) in [6.07, 6.45) is 5.47. The van der Waals surface area contributed by atoms with E-state index in [1.165, 1.54) is 12.6 Å². The van der Waals surface area contributed by atoms with E-state index < -0.39 is 0 Å². The maximum Gasteiger partial charge on any atom is 0.169 e. The van der Waals surface area contributed by atoms with Gasteiger partial charge < -0.3 is 9.64 Å². The van der Waals surface area contributed by atoms with Gasteiger partial charge >= 0.3 is 0 Å². The zero-order chi connectivity index (χ0) is 17.2. The van der Waals surface area contributed by atoms with Crippen LogP contribution in [0, 0.1) is 0 Å². The molecule has 0 saturated carbocycles. The summed E-state index contributed by atoms with van der Waals surface area (Å²) in [4.78, 5) is 17.0. The Bertz CT molecular complexity index is 920. The van der Waals surface area contributed by atoms with E-state index in [1.54, 1.807) is 6.33 Å². The molecule has 2 heterocycles. The molecule has 0 amide bonds. The maximum atomic E-state index is 11.1. The molecule has 0 radical (unpaired) electrons. The molecule has 1 unspecified atom stereocenters. The van der Waals surface area contributed by atoms with Crippen molar-refractivity contribution < 1.29 is 9.53 Å². The van der Waals surface area contributed by atoms with Crippen molar-refractivity contribution in [1.29, 1.82) is 0 Å². The van der Waals surface area contributed by atoms with Crippen LogP contribution < -0.4 is 9.64 Å². The molecule has 0 N–H and O–H groups in total. The van der Waals surface area contributed by atoms with E-state index in [2.05, 4.69) is 22.2 Å². The van der Waals surface area contributed by atoms with E-state index in [0.717, 1.165) is 23.1 Å². The quantitative estimate of drug-likeness (QED) is 0.688. The van der Waals surface area contributed by atoms with Gasteiger partial charge in [-0.05, 0) is 23.3 Å². The number of nitrogens with zero attached hydrogens (tertiary/aromatic N) is 4. The number of benzene rings is 2. The van der Waals surface area contributed by atoms with Crippen molar-refractivity contribution in [2.75, 3.05) is 11.9 Å². The number of allylic oxidation sites excluding steroid dienone is 1. The summed E-state index contributed by atoms with van der Waals surface area (Å²) in [5, 5.41) is 4.32. The number of carbonyl (C=O) groups is 1. The highest BCUT2D eigenvalue weighted by atomic mass is 16.5. The largest absolute Gasteiger partial charge is 0.460 e. The first-order valence-corrected chi connectivity index (χ1v) is 7.86. The van der Waals surface area contributed by atoms with Crippen molar-refractivity contribution in [2.24, 2.45) is 0 Å². The average molecular weight is 332 g/mol. The van der Waals surface area contributed by atoms with Gasteiger partial charge in [0.25, 0.3) is 0 Å². The van der Waals surface area contributed by atoms with Gasteiger partial charge in [0, 0.05) is 7.05 Å². The van der Waals surface area contributed by atoms with Crippen LogP contribution in [0.1, 0.15) is 17.2 Å². The van der Waals surface area contributed by atoms with Gasteiger partial charge in [-0.3, -0.25) is 4.79 Å². The van der Waals surface area contributed by atoms with Gasteiger partial charge in [0.05, 0.1) is 5.69 Å². The summed E-state index contributed by atoms with van der Waals surface area (Å²) in [6.45, 7) is 0. The summed E-state index contributed by atoms with van der Waals surface area (Å²) in [6, 6.07) is 15.9. The third-order valence-corrected chi connectivity index (χ3v) is 4.29. The molecule has 1 aromatic heterocycles. The molecule has 4 rings (SSSR count). The lowest BCUT2D eigenvalue weighted by molar-refractivity contribution is -0.105. The van der Waals surface area contributed by atoms with Crippen molar-refractivity contribution in [3.63, 3.8) is 0 Å². The second-order valence-corrected chi connectivity index (χ2v) is 5.75. The summed E-state index contributed by atoms with van der Waals surface area (Å²) in [7, 11) is 1.84. The Balaban J connectivity index is 1.79. The van der Waals surface area contributed by atoms with Gasteiger partial charge in [-0.25, -0.2) is 9.67 Å². The smallest absolute Gasteiger partial charge is 0.169 e. The van der Waals surface area contributed by atoms with Crippen molar-refractivity contribution in [3.8, 4) is 5.75 Å². The molecule has 0 fully saturated rings. The van der Waals surface area contributed by atoms with Gasteiger partial charge in [-0.1, -0.05) is 36.4 Å². The predicted molar refractivity (Wildman–Crippen MR) is 93.3 cm³/mol. The number of anilines is 1. The van der Waals surface area contributed by atoms with E-state index >= 15 is 0 Å². The minimum absolute atomic E-state index is 0.112. The average Bonchev–Trinajstić information content (AvgIpc) is 3.17. The summed E-state index contributed by atoms with van der Waals surface area (Å²) in [5.74, 6) is 0.701. The fourth-order valence-corrected chi connectivity index (χ4v) is 3.01. The number of hydrogen-bond acceptors (Lipinski definition) is 5. The molecule has 0 bridgehead atoms. The van der Waals surface area contributed by atoms with E-state index in [4.69, 9.17) is 4.74 Å². The normalized spacial score (nSPS) is 14.3. The highest BCUT2D eigenvalue weighted by Crippen LogP contribution is 2.37. The number of carbonyl (C=O) groups excluding carboxylic acids is 1. The first kappa shape index (κ1) is 15.1. The van der Waals surface area contributed by atoms with Crippen LogP contribution in [0.25, 0.3) is 0 Å². The number of aromatic nitrogens is 3. The highest BCUT2D eigenvalue weighted by Gasteiger charge is 2.22. The molecule has 0 spiro atoms. The van der Waals surface area contributed by atoms with Crippen molar-refractivity contribution in [1.82, 2.24) is 14.8 Å². The minimum Gasteiger partial charge on any atom is -0.460 e. The molecule has 6 heteroatoms. The van der Waals surface area contributed by atoms with E-state index in [0.29, 0.717) is 11.4 Å². The first-order chi connectivity index (χ1) is 12.3. The lowest BCUT2D eigenvalue weighted by Crippen LogP contribution is -2.22. The van der Waals surface area contributed by atoms with Gasteiger partial charge in [-0.2, -0.15) is 5.10 Å². The van der Waals surface area contributed by atoms with Gasteiger partial charge in [0.2, 0.25) is 0 Å². The number of likely N-dealkylation sites (N-methyl/N-ethyl adjacent to an activating group) is 1. The second-order valence-electron chi connectivity index (χ2n) is 5.75. The van der Waals surface area contributed by atoms with Crippen molar-refractivity contribution >= 4 is 12.0 Å². The fourth-order valence-electron chi connectivity index (χ4n) is 3.01. The van der Waals surface area contributed by atoms with Crippen LogP contribution in [-0.4, -0.2) is 28.1 Å². The number of aldehydes is 1. The van der Waals surface area contributed by atoms with Crippen LogP contribution in [-0.2, 0) is 4.79 Å². The molecule has 2 aromatic carbocycles. The Morgan fingerprint density at radius 3 is 2.68 bits per heavy atom. The van der Waals surface area contributed by atoms with Crippen molar-refractivity contribution in [2.45, 2.75) is 6.04 Å². The number of fused-ring (bicyclic) bond motifs is 1. The first-order valence-electron chi connectivity index (χ1n) is 7.86. The molecular formula is C19H16N4O2. The number of rotatable bonds is 4. The molecule has 1 aliphatic rings. The third kappa shape index (κ3) is 2.67. The van der Waals surface area contributed by atoms with E-state index in [9.17, 15) is 4.79 Å². The number of hydrogen-bond donors (Lipinski definition) is 0. The molecule has 1 aliphatic heterocycles. The van der Waals surface area contributed by atoms with Crippen molar-refractivity contribution in [3.05, 3.63) is 84.3 Å². The van der Waals surface area contributed by atoms with Crippen LogP contribution in [0.15, 0.2) is 73.1 Å². The predicted octanol–water partition coefficient (Wildman–Crippen LogP) is 2.78. The van der Waals surface area contributed by atoms with Gasteiger partial charge in [0.15, 0.2) is 12.0 Å². The molecular weight excluding hydrogens is 316 g/mol. The zero-order valence-corrected chi connectivity index (χ0v) is 13.6. The Kier molecular flexibility index (Phi) is 3.78. The third-order valence-electron chi connectivity index (χ3n) is 4.29. The molecule has 1 atom stereocenters. The van der Waals surface area contributed by atoms with E-state index in [1.807, 2.05) is 53.0 Å². The lowest BCUT2D eigenvalue weighted by atomic mass is 9.98. The Labute approximate surface area is 145 Å². The van der Waals surface area contributed by atoms with Gasteiger partial charge in [0.1, 0.15) is 30.7 Å². The van der Waals surface area contributed by atoms with E-state index in [-0.39, 0.29) is 6.04 Å². The zero-order valence-electron chi connectivity index (χ0n) is 13.6. The monoisotopic (exact) mass is 332 g/mol. The van der Waals surface area contributed by atoms with Crippen LogP contribution in [0.3, 0.4) is 0 Å². The van der Waals surface area contributed by atoms with Gasteiger partial charge in [-0.15, -0.1) is 0 Å². The second kappa shape index (κ2) is 6.24. The molecule has 0 saturated heterocycles. The molecule has 3 aromatic rings. The van der Waals surface area contributed by atoms with Crippen LogP contribution >= 0.6 is 0 Å². The lowest BCUT2D eigenvalue weighted by Gasteiger charge is -2.27. The Morgan fingerprint density at radius 1 is 1.12 bits per heavy atom. The molecule has 6 nitrogen and oxygen atoms in total. The van der Waals surface area contributed by atoms with Crippen LogP contribution in [0.5, 0.6) is 5.75 Å². The topological polar surface area (TPSA) is 60.2 Å². The van der Waals surface area contributed by atoms with Crippen LogP contribution in [0.2, 0.25) is 0 Å². The summed E-state index contributed by atoms with van der Waals surface area (Å²) < 4.78 is 7.48. The Morgan fingerprint density at radius 2 is 1.96 bits per heavy atom. The molecule has 0 aliphatic carbocycles. The molecule has 124 valence electrons. The maximum absolute atomic E-state index is 11.1. The SMILES string of the molecule is CN1C(C=O)=COc2cc(C(c3ccccc3)n3cncn3)ccc21. The molecule has 25 heavy (non-hydrogen) atoms. The fraction of sp³-hybridized carbons (Fsp3) is 0.105. The Hall–Kier alpha value is -3.41. The minimum atomic E-state index is -0.112. The van der Waals surface area contributed by atoms with Crippen LogP contribution in [0.4, 0.5) is 5.69 Å². The highest BCUT2D eigenvalue weighted by molar-refractivity contribution is 5.82. The number of ether oxygens (including phenoxy) is 1.